The highest BCUT2D eigenvalue weighted by Gasteiger charge is 2.41. The van der Waals surface area contributed by atoms with Gasteiger partial charge >= 0.3 is 0 Å². The zero-order valence-corrected chi connectivity index (χ0v) is 28.5. The summed E-state index contributed by atoms with van der Waals surface area (Å²) >= 11 is 9.68. The zero-order valence-electron chi connectivity index (χ0n) is 24.5. The van der Waals surface area contributed by atoms with Crippen LogP contribution < -0.4 is 38.5 Å². The molecule has 214 valence electrons. The number of thiophene rings is 1. The van der Waals surface area contributed by atoms with E-state index in [-0.39, 0.29) is 13.4 Å². The number of nitrogen functional groups attached to an aromatic ring is 1. The lowest BCUT2D eigenvalue weighted by molar-refractivity contribution is 1.70. The molecule has 0 atom stereocenters. The highest BCUT2D eigenvalue weighted by molar-refractivity contribution is 9.11. The van der Waals surface area contributed by atoms with Crippen LogP contribution in [-0.4, -0.2) is 13.4 Å². The lowest BCUT2D eigenvalue weighted by Gasteiger charge is -2.20. The summed E-state index contributed by atoms with van der Waals surface area (Å²) in [7, 11) is 0. The average Bonchev–Trinajstić information content (AvgIpc) is 3.75. The maximum absolute atomic E-state index is 7.39. The van der Waals surface area contributed by atoms with Crippen LogP contribution in [0.25, 0.3) is 54.6 Å². The lowest BCUT2D eigenvalue weighted by Crippen LogP contribution is -2.55. The van der Waals surface area contributed by atoms with Crippen LogP contribution in [0.3, 0.4) is 0 Å². The van der Waals surface area contributed by atoms with Gasteiger partial charge in [-0.05, 0) is 104 Å². The van der Waals surface area contributed by atoms with Crippen molar-refractivity contribution in [1.82, 2.24) is 0 Å². The molecule has 0 radical (unpaired) electrons. The van der Waals surface area contributed by atoms with Crippen molar-refractivity contribution in [2.24, 2.45) is 0 Å². The van der Waals surface area contributed by atoms with Gasteiger partial charge in [-0.2, -0.15) is 0 Å². The molecule has 0 bridgehead atoms. The molecule has 10 rings (SSSR count). The molecule has 2 aliphatic rings. The third-order valence-corrected chi connectivity index (χ3v) is 12.8. The predicted octanol–water partition coefficient (Wildman–Crippen LogP) is 7.31. The second kappa shape index (κ2) is 9.95. The number of anilines is 1. The van der Waals surface area contributed by atoms with Crippen LogP contribution in [0.1, 0.15) is 0 Å². The zero-order chi connectivity index (χ0) is 30.7. The Labute approximate surface area is 288 Å². The second-order valence-electron chi connectivity index (χ2n) is 12.4. The summed E-state index contributed by atoms with van der Waals surface area (Å²) in [6.45, 7) is 0.0791. The molecule has 2 aliphatic heterocycles. The first-order valence-corrected chi connectivity index (χ1v) is 18.0. The van der Waals surface area contributed by atoms with E-state index in [2.05, 4.69) is 159 Å². The summed E-state index contributed by atoms with van der Waals surface area (Å²) in [5.41, 5.74) is 21.0. The fourth-order valence-corrected chi connectivity index (χ4v) is 10.6. The van der Waals surface area contributed by atoms with Gasteiger partial charge < -0.3 is 5.73 Å². The Morgan fingerprint density at radius 3 is 1.80 bits per heavy atom. The Balaban J connectivity index is 1.27. The highest BCUT2D eigenvalue weighted by atomic mass is 79.9. The molecule has 0 saturated heterocycles. The Kier molecular flexibility index (Phi) is 5.86. The van der Waals surface area contributed by atoms with E-state index in [1.54, 1.807) is 11.3 Å². The Hall–Kier alpha value is -4.09. The van der Waals surface area contributed by atoms with Crippen LogP contribution >= 0.6 is 43.2 Å². The van der Waals surface area contributed by atoms with E-state index in [0.29, 0.717) is 0 Å². The molecule has 0 saturated carbocycles. The van der Waals surface area contributed by atoms with Crippen molar-refractivity contribution in [2.45, 2.75) is 0 Å². The largest absolute Gasteiger partial charge is 0.400 e. The van der Waals surface area contributed by atoms with Gasteiger partial charge in [0.25, 0.3) is 0 Å². The topological polar surface area (TPSA) is 26.0 Å². The first-order chi connectivity index (χ1) is 22.6. The quantitative estimate of drug-likeness (QED) is 0.113. The van der Waals surface area contributed by atoms with Crippen molar-refractivity contribution in [3.63, 3.8) is 0 Å². The van der Waals surface area contributed by atoms with E-state index >= 15 is 0 Å². The van der Waals surface area contributed by atoms with E-state index in [4.69, 9.17) is 5.73 Å². The van der Waals surface area contributed by atoms with E-state index < -0.39 is 0 Å². The molecule has 7 aromatic carbocycles. The molecular weight excluding hydrogens is 708 g/mol. The summed E-state index contributed by atoms with van der Waals surface area (Å²) in [6.07, 6.45) is 0. The minimum Gasteiger partial charge on any atom is -0.400 e. The van der Waals surface area contributed by atoms with Crippen LogP contribution in [0.4, 0.5) is 5.69 Å². The van der Waals surface area contributed by atoms with Gasteiger partial charge in [0.2, 0.25) is 13.4 Å². The van der Waals surface area contributed by atoms with Gasteiger partial charge in [0.1, 0.15) is 0 Å². The van der Waals surface area contributed by atoms with Gasteiger partial charge in [-0.25, -0.2) is 0 Å². The number of nitrogens with two attached hydrogens (primary N) is 1. The van der Waals surface area contributed by atoms with Gasteiger partial charge in [0.05, 0.1) is 3.79 Å². The van der Waals surface area contributed by atoms with E-state index in [1.807, 2.05) is 0 Å². The highest BCUT2D eigenvalue weighted by Crippen LogP contribution is 2.41. The van der Waals surface area contributed by atoms with E-state index in [1.165, 1.54) is 85.7 Å². The fourth-order valence-electron chi connectivity index (χ4n) is 8.47. The van der Waals surface area contributed by atoms with Crippen LogP contribution in [-0.2, 0) is 0 Å². The van der Waals surface area contributed by atoms with Crippen LogP contribution in [0.2, 0.25) is 0 Å². The second-order valence-corrected chi connectivity index (χ2v) is 15.4. The molecule has 1 nitrogen and oxygen atoms in total. The smallest absolute Gasteiger partial charge is 0.248 e. The van der Waals surface area contributed by atoms with E-state index in [0.717, 1.165) is 15.6 Å². The predicted molar refractivity (Wildman–Crippen MR) is 210 cm³/mol. The number of halogens is 2. The molecule has 0 fully saturated rings. The lowest BCUT2D eigenvalue weighted by atomic mass is 9.35. The first-order valence-electron chi connectivity index (χ1n) is 15.5. The SMILES string of the molecule is Nc1c(B2c3ccc4c5ccccc5c5ccccc5c4c3-c3cccc(Br)c32)cccc1B1c2ccccc2-c2csc(Br)c21. The summed E-state index contributed by atoms with van der Waals surface area (Å²) in [5, 5.41) is 10.0. The Morgan fingerprint density at radius 2 is 1.04 bits per heavy atom. The molecule has 6 heteroatoms. The number of benzene rings is 7. The molecule has 8 aromatic rings. The van der Waals surface area contributed by atoms with Crippen molar-refractivity contribution < 1.29 is 0 Å². The maximum Gasteiger partial charge on any atom is 0.248 e. The molecule has 46 heavy (non-hydrogen) atoms. The van der Waals surface area contributed by atoms with Crippen LogP contribution in [0.15, 0.2) is 135 Å². The number of hydrogen-bond donors (Lipinski definition) is 1. The monoisotopic (exact) mass is 729 g/mol. The number of para-hydroxylation sites is 1. The van der Waals surface area contributed by atoms with E-state index in [9.17, 15) is 0 Å². The molecule has 0 amide bonds. The third kappa shape index (κ3) is 3.53. The van der Waals surface area contributed by atoms with Crippen LogP contribution in [0, 0.1) is 0 Å². The maximum atomic E-state index is 7.39. The number of fused-ring (bicyclic) bond motifs is 13. The molecule has 2 N–H and O–H groups in total. The van der Waals surface area contributed by atoms with Crippen molar-refractivity contribution in [2.75, 3.05) is 5.73 Å². The molecule has 0 unspecified atom stereocenters. The van der Waals surface area contributed by atoms with Gasteiger partial charge in [-0.3, -0.25) is 0 Å². The number of rotatable bonds is 2. The minimum atomic E-state index is -0.00260. The molecule has 0 spiro atoms. The standard InChI is InChI=1S/C40H23B2Br2NS/c43-34-18-7-14-28-36-31(20-19-27-24-11-2-1-9-22(24)23-10-3-4-13-26(23)35(27)36)42(37(28)34)33-17-8-16-32(39(33)45)41-30-15-6-5-12-25(30)29-21-46-40(44)38(29)41/h1-21H,45H2. The minimum absolute atomic E-state index is 0.00260. The fraction of sp³-hybridized carbons (Fsp3) is 0. The van der Waals surface area contributed by atoms with Gasteiger partial charge in [0, 0.05) is 10.2 Å². The Morgan fingerprint density at radius 1 is 0.478 bits per heavy atom. The number of hydrogen-bond acceptors (Lipinski definition) is 2. The molecule has 0 aliphatic carbocycles. The summed E-state index contributed by atoms with van der Waals surface area (Å²) in [4.78, 5) is 0. The van der Waals surface area contributed by atoms with Crippen molar-refractivity contribution in [1.29, 1.82) is 0 Å². The van der Waals surface area contributed by atoms with Crippen molar-refractivity contribution in [3.05, 3.63) is 135 Å². The van der Waals surface area contributed by atoms with Crippen molar-refractivity contribution in [3.8, 4) is 22.3 Å². The van der Waals surface area contributed by atoms with Gasteiger partial charge in [0.15, 0.2) is 0 Å². The first kappa shape index (κ1) is 27.1. The van der Waals surface area contributed by atoms with Gasteiger partial charge in [-0.15, -0.1) is 11.3 Å². The van der Waals surface area contributed by atoms with Gasteiger partial charge in [-0.1, -0.05) is 142 Å². The average molecular weight is 731 g/mol. The summed E-state index contributed by atoms with van der Waals surface area (Å²) in [6, 6.07) is 44.5. The molecule has 3 heterocycles. The normalized spacial score (nSPS) is 13.0. The molecule has 1 aromatic heterocycles. The van der Waals surface area contributed by atoms with Crippen molar-refractivity contribution >= 4 is 127 Å². The van der Waals surface area contributed by atoms with Crippen LogP contribution in [0.5, 0.6) is 0 Å². The Bertz CT molecular complexity index is 2570. The third-order valence-electron chi connectivity index (χ3n) is 10.3. The molecular formula is C40H23B2Br2NS. The summed E-state index contributed by atoms with van der Waals surface area (Å²) < 4.78 is 2.29. The summed E-state index contributed by atoms with van der Waals surface area (Å²) in [5.74, 6) is 0.